The molecule has 1 N–H and O–H groups in total. The van der Waals surface area contributed by atoms with Crippen LogP contribution in [0.15, 0.2) is 22.7 Å². The van der Waals surface area contributed by atoms with Crippen molar-refractivity contribution in [2.45, 2.75) is 45.7 Å². The van der Waals surface area contributed by atoms with E-state index >= 15 is 0 Å². The summed E-state index contributed by atoms with van der Waals surface area (Å²) >= 11 is 3.50. The number of ether oxygens (including phenoxy) is 1. The summed E-state index contributed by atoms with van der Waals surface area (Å²) in [7, 11) is 0. The predicted molar refractivity (Wildman–Crippen MR) is 84.3 cm³/mol. The number of nitrogens with one attached hydrogen (secondary N) is 1. The van der Waals surface area contributed by atoms with Crippen LogP contribution in [0.5, 0.6) is 5.75 Å². The fraction of sp³-hybridized carbons (Fsp3) is 0.500. The highest BCUT2D eigenvalue weighted by Crippen LogP contribution is 2.23. The Morgan fingerprint density at radius 1 is 1.42 bits per heavy atom. The molecule has 0 radical (unpaired) electrons. The lowest BCUT2D eigenvalue weighted by Crippen LogP contribution is -2.27. The van der Waals surface area contributed by atoms with E-state index in [9.17, 15) is 0 Å². The van der Waals surface area contributed by atoms with Crippen LogP contribution in [-0.4, -0.2) is 12.6 Å². The van der Waals surface area contributed by atoms with Gasteiger partial charge in [0.25, 0.3) is 0 Å². The molecule has 0 amide bonds. The van der Waals surface area contributed by atoms with Crippen molar-refractivity contribution in [1.82, 2.24) is 5.32 Å². The monoisotopic (exact) mass is 323 g/mol. The van der Waals surface area contributed by atoms with Gasteiger partial charge in [0.05, 0.1) is 6.61 Å². The molecule has 0 saturated carbocycles. The minimum Gasteiger partial charge on any atom is -0.493 e. The first kappa shape index (κ1) is 16.1. The molecule has 0 aromatic heterocycles. The second-order valence-electron chi connectivity index (χ2n) is 4.49. The number of halogens is 1. The highest BCUT2D eigenvalue weighted by atomic mass is 79.9. The van der Waals surface area contributed by atoms with Crippen molar-refractivity contribution >= 4 is 15.9 Å². The van der Waals surface area contributed by atoms with Crippen LogP contribution in [0.25, 0.3) is 0 Å². The topological polar surface area (TPSA) is 21.3 Å². The molecule has 1 aromatic carbocycles. The maximum atomic E-state index is 5.77. The Balaban J connectivity index is 2.69. The van der Waals surface area contributed by atoms with Crippen LogP contribution in [0.1, 0.15) is 38.7 Å². The quantitative estimate of drug-likeness (QED) is 0.726. The molecule has 1 unspecified atom stereocenters. The van der Waals surface area contributed by atoms with Crippen LogP contribution < -0.4 is 10.1 Å². The zero-order valence-electron chi connectivity index (χ0n) is 11.7. The minimum absolute atomic E-state index is 0.364. The van der Waals surface area contributed by atoms with E-state index in [0.717, 1.165) is 42.6 Å². The Kier molecular flexibility index (Phi) is 7.62. The van der Waals surface area contributed by atoms with Crippen molar-refractivity contribution in [1.29, 1.82) is 0 Å². The molecule has 0 fully saturated rings. The van der Waals surface area contributed by atoms with Gasteiger partial charge in [-0.1, -0.05) is 29.8 Å². The first-order valence-electron chi connectivity index (χ1n) is 6.79. The fourth-order valence-corrected chi connectivity index (χ4v) is 2.20. The summed E-state index contributed by atoms with van der Waals surface area (Å²) in [5, 5.41) is 3.49. The maximum absolute atomic E-state index is 5.77. The summed E-state index contributed by atoms with van der Waals surface area (Å²) in [6, 6.07) is 6.48. The lowest BCUT2D eigenvalue weighted by molar-refractivity contribution is 0.312. The molecule has 19 heavy (non-hydrogen) atoms. The second kappa shape index (κ2) is 9.01. The molecule has 0 aliphatic heterocycles. The molecule has 0 heterocycles. The van der Waals surface area contributed by atoms with Gasteiger partial charge in [-0.05, 0) is 31.0 Å². The summed E-state index contributed by atoms with van der Waals surface area (Å²) < 4.78 is 6.83. The van der Waals surface area contributed by atoms with Gasteiger partial charge in [0, 0.05) is 29.0 Å². The van der Waals surface area contributed by atoms with E-state index in [1.54, 1.807) is 0 Å². The summed E-state index contributed by atoms with van der Waals surface area (Å²) in [5.41, 5.74) is 1.17. The van der Waals surface area contributed by atoms with Gasteiger partial charge in [0.15, 0.2) is 0 Å². The predicted octanol–water partition coefficient (Wildman–Crippen LogP) is 4.13. The van der Waals surface area contributed by atoms with Crippen molar-refractivity contribution in [2.24, 2.45) is 0 Å². The number of benzene rings is 1. The smallest absolute Gasteiger partial charge is 0.123 e. The molecule has 1 rings (SSSR count). The number of rotatable bonds is 8. The third-order valence-electron chi connectivity index (χ3n) is 2.92. The lowest BCUT2D eigenvalue weighted by Gasteiger charge is -2.17. The Morgan fingerprint density at radius 3 is 2.84 bits per heavy atom. The Morgan fingerprint density at radius 2 is 2.21 bits per heavy atom. The highest BCUT2D eigenvalue weighted by Gasteiger charge is 2.08. The van der Waals surface area contributed by atoms with Gasteiger partial charge in [0.2, 0.25) is 0 Å². The van der Waals surface area contributed by atoms with E-state index in [-0.39, 0.29) is 0 Å². The first-order valence-corrected chi connectivity index (χ1v) is 7.58. The lowest BCUT2D eigenvalue weighted by atomic mass is 10.1. The van der Waals surface area contributed by atoms with Crippen molar-refractivity contribution in [3.63, 3.8) is 0 Å². The van der Waals surface area contributed by atoms with Crippen LogP contribution in [-0.2, 0) is 6.54 Å². The number of hydrogen-bond acceptors (Lipinski definition) is 2. The molecular formula is C16H22BrNO. The average molecular weight is 324 g/mol. The molecule has 0 aliphatic rings. The van der Waals surface area contributed by atoms with E-state index < -0.39 is 0 Å². The molecule has 0 bridgehead atoms. The van der Waals surface area contributed by atoms with Gasteiger partial charge in [-0.3, -0.25) is 0 Å². The van der Waals surface area contributed by atoms with E-state index in [1.165, 1.54) is 5.56 Å². The summed E-state index contributed by atoms with van der Waals surface area (Å²) in [6.07, 6.45) is 8.17. The number of terminal acetylenes is 1. The van der Waals surface area contributed by atoms with Crippen molar-refractivity contribution in [3.05, 3.63) is 28.2 Å². The van der Waals surface area contributed by atoms with E-state index in [4.69, 9.17) is 11.2 Å². The number of hydrogen-bond donors (Lipinski definition) is 1. The molecule has 0 spiro atoms. The van der Waals surface area contributed by atoms with Gasteiger partial charge in [-0.15, -0.1) is 12.3 Å². The van der Waals surface area contributed by atoms with Gasteiger partial charge in [-0.25, -0.2) is 0 Å². The Bertz CT molecular complexity index is 425. The van der Waals surface area contributed by atoms with Gasteiger partial charge in [-0.2, -0.15) is 0 Å². The van der Waals surface area contributed by atoms with Crippen molar-refractivity contribution in [3.8, 4) is 18.1 Å². The molecule has 0 aliphatic carbocycles. The van der Waals surface area contributed by atoms with Crippen LogP contribution >= 0.6 is 15.9 Å². The molecule has 1 atom stereocenters. The fourth-order valence-electron chi connectivity index (χ4n) is 1.80. The molecule has 0 saturated heterocycles. The van der Waals surface area contributed by atoms with Crippen molar-refractivity contribution in [2.75, 3.05) is 6.61 Å². The van der Waals surface area contributed by atoms with Crippen LogP contribution in [0.3, 0.4) is 0 Å². The third kappa shape index (κ3) is 5.67. The van der Waals surface area contributed by atoms with E-state index in [0.29, 0.717) is 6.04 Å². The van der Waals surface area contributed by atoms with E-state index in [2.05, 4.69) is 47.1 Å². The molecule has 3 heteroatoms. The molecule has 2 nitrogen and oxygen atoms in total. The third-order valence-corrected chi connectivity index (χ3v) is 3.42. The minimum atomic E-state index is 0.364. The second-order valence-corrected chi connectivity index (χ2v) is 5.41. The average Bonchev–Trinajstić information content (AvgIpc) is 2.42. The van der Waals surface area contributed by atoms with Crippen LogP contribution in [0.4, 0.5) is 0 Å². The van der Waals surface area contributed by atoms with Crippen LogP contribution in [0, 0.1) is 12.3 Å². The Labute approximate surface area is 125 Å². The standard InChI is InChI=1S/C16H22BrNO/c1-4-7-15(6-3)18-12-13-11-14(17)8-9-16(13)19-10-5-2/h1,8-9,11,15,18H,5-7,10,12H2,2-3H3. The summed E-state index contributed by atoms with van der Waals surface area (Å²) in [6.45, 7) is 5.77. The van der Waals surface area contributed by atoms with E-state index in [1.807, 2.05) is 12.1 Å². The highest BCUT2D eigenvalue weighted by molar-refractivity contribution is 9.10. The van der Waals surface area contributed by atoms with Gasteiger partial charge >= 0.3 is 0 Å². The summed E-state index contributed by atoms with van der Waals surface area (Å²) in [4.78, 5) is 0. The molecule has 104 valence electrons. The van der Waals surface area contributed by atoms with Crippen molar-refractivity contribution < 1.29 is 4.74 Å². The zero-order valence-corrected chi connectivity index (χ0v) is 13.3. The largest absolute Gasteiger partial charge is 0.493 e. The molecular weight excluding hydrogens is 302 g/mol. The maximum Gasteiger partial charge on any atom is 0.123 e. The van der Waals surface area contributed by atoms with Crippen LogP contribution in [0.2, 0.25) is 0 Å². The van der Waals surface area contributed by atoms with Gasteiger partial charge < -0.3 is 10.1 Å². The van der Waals surface area contributed by atoms with Gasteiger partial charge in [0.1, 0.15) is 5.75 Å². The summed E-state index contributed by atoms with van der Waals surface area (Å²) in [5.74, 6) is 3.66. The first-order chi connectivity index (χ1) is 9.21. The Hall–Kier alpha value is -0.980. The normalized spacial score (nSPS) is 11.9. The zero-order chi connectivity index (χ0) is 14.1. The SMILES string of the molecule is C#CCC(CC)NCc1cc(Br)ccc1OCCC. The molecule has 1 aromatic rings.